The minimum absolute atomic E-state index is 0.0399. The summed E-state index contributed by atoms with van der Waals surface area (Å²) in [7, 11) is 0. The highest BCUT2D eigenvalue weighted by Crippen LogP contribution is 2.29. The molecule has 2 heterocycles. The van der Waals surface area contributed by atoms with Gasteiger partial charge in [0.2, 0.25) is 0 Å². The van der Waals surface area contributed by atoms with Crippen LogP contribution in [0.1, 0.15) is 52.0 Å². The number of hydrogen-bond donors (Lipinski definition) is 1. The van der Waals surface area contributed by atoms with Crippen molar-refractivity contribution in [2.24, 2.45) is 0 Å². The van der Waals surface area contributed by atoms with Crippen LogP contribution < -0.4 is 5.32 Å². The van der Waals surface area contributed by atoms with E-state index in [0.29, 0.717) is 6.04 Å². The normalized spacial score (nSPS) is 24.8. The lowest BCUT2D eigenvalue weighted by molar-refractivity contribution is -0.0883. The van der Waals surface area contributed by atoms with Crippen LogP contribution in [0, 0.1) is 0 Å². The van der Waals surface area contributed by atoms with Gasteiger partial charge in [0.25, 0.3) is 0 Å². The highest BCUT2D eigenvalue weighted by Gasteiger charge is 2.36. The molecule has 2 atom stereocenters. The quantitative estimate of drug-likeness (QED) is 0.834. The first kappa shape index (κ1) is 15.5. The van der Waals surface area contributed by atoms with Gasteiger partial charge in [-0.2, -0.15) is 5.10 Å². The fraction of sp³-hybridized carbons (Fsp3) is 0.812. The van der Waals surface area contributed by atoms with Crippen LogP contribution in [0.4, 0.5) is 0 Å². The second-order valence-corrected chi connectivity index (χ2v) is 6.03. The molecule has 1 aliphatic rings. The molecule has 1 aromatic heterocycles. The molecular formula is C16H29N3O. The topological polar surface area (TPSA) is 39.1 Å². The van der Waals surface area contributed by atoms with Gasteiger partial charge in [-0.15, -0.1) is 0 Å². The average molecular weight is 279 g/mol. The van der Waals surface area contributed by atoms with Crippen LogP contribution in [0.15, 0.2) is 12.4 Å². The highest BCUT2D eigenvalue weighted by atomic mass is 16.5. The Morgan fingerprint density at radius 3 is 2.90 bits per heavy atom. The Morgan fingerprint density at radius 2 is 2.30 bits per heavy atom. The molecule has 0 amide bonds. The third-order valence-corrected chi connectivity index (χ3v) is 4.33. The number of hydrogen-bond acceptors (Lipinski definition) is 3. The summed E-state index contributed by atoms with van der Waals surface area (Å²) >= 11 is 0. The Kier molecular flexibility index (Phi) is 5.61. The maximum atomic E-state index is 6.14. The van der Waals surface area contributed by atoms with E-state index in [-0.39, 0.29) is 5.60 Å². The summed E-state index contributed by atoms with van der Waals surface area (Å²) < 4.78 is 8.14. The van der Waals surface area contributed by atoms with Gasteiger partial charge in [-0.25, -0.2) is 0 Å². The maximum Gasteiger partial charge on any atom is 0.0810 e. The third-order valence-electron chi connectivity index (χ3n) is 4.33. The lowest BCUT2D eigenvalue weighted by atomic mass is 9.85. The molecule has 2 unspecified atom stereocenters. The molecule has 0 aliphatic carbocycles. The van der Waals surface area contributed by atoms with E-state index in [1.54, 1.807) is 0 Å². The third kappa shape index (κ3) is 3.83. The number of aryl methyl sites for hydroxylation is 1. The Bertz CT molecular complexity index is 396. The first-order valence-corrected chi connectivity index (χ1v) is 8.06. The summed E-state index contributed by atoms with van der Waals surface area (Å²) in [6, 6.07) is 0.372. The Morgan fingerprint density at radius 1 is 1.45 bits per heavy atom. The zero-order valence-electron chi connectivity index (χ0n) is 13.2. The molecule has 1 saturated heterocycles. The molecule has 2 rings (SSSR count). The molecule has 0 spiro atoms. The Labute approximate surface area is 122 Å². The van der Waals surface area contributed by atoms with E-state index in [1.165, 1.54) is 18.4 Å². The first-order chi connectivity index (χ1) is 9.68. The van der Waals surface area contributed by atoms with Crippen molar-refractivity contribution in [2.45, 2.75) is 71.1 Å². The second-order valence-electron chi connectivity index (χ2n) is 6.03. The molecule has 4 heteroatoms. The minimum atomic E-state index is -0.0399. The van der Waals surface area contributed by atoms with Crippen molar-refractivity contribution in [3.63, 3.8) is 0 Å². The van der Waals surface area contributed by atoms with Crippen LogP contribution in [-0.4, -0.2) is 34.6 Å². The standard InChI is InChI=1S/C16H29N3O/c1-4-9-17-15(16(3)8-6-7-10-20-16)11-14-12-18-19(5-2)13-14/h12-13,15,17H,4-11H2,1-3H3. The van der Waals surface area contributed by atoms with Crippen molar-refractivity contribution in [1.29, 1.82) is 0 Å². The van der Waals surface area contributed by atoms with Crippen molar-refractivity contribution in [1.82, 2.24) is 15.1 Å². The van der Waals surface area contributed by atoms with Gasteiger partial charge >= 0.3 is 0 Å². The second kappa shape index (κ2) is 7.23. The van der Waals surface area contributed by atoms with Gasteiger partial charge in [-0.05, 0) is 58.1 Å². The molecule has 20 heavy (non-hydrogen) atoms. The van der Waals surface area contributed by atoms with Crippen molar-refractivity contribution in [3.8, 4) is 0 Å². The van der Waals surface area contributed by atoms with Crippen LogP contribution in [-0.2, 0) is 17.7 Å². The number of nitrogens with one attached hydrogen (secondary N) is 1. The van der Waals surface area contributed by atoms with E-state index in [2.05, 4.69) is 37.4 Å². The lowest BCUT2D eigenvalue weighted by Crippen LogP contribution is -2.53. The molecule has 0 radical (unpaired) electrons. The molecule has 114 valence electrons. The van der Waals surface area contributed by atoms with Gasteiger partial charge < -0.3 is 10.1 Å². The fourth-order valence-electron chi connectivity index (χ4n) is 2.97. The summed E-state index contributed by atoms with van der Waals surface area (Å²) in [5, 5.41) is 8.08. The van der Waals surface area contributed by atoms with Crippen molar-refractivity contribution in [2.75, 3.05) is 13.2 Å². The zero-order valence-corrected chi connectivity index (χ0v) is 13.2. The number of nitrogens with zero attached hydrogens (tertiary/aromatic N) is 2. The Balaban J connectivity index is 2.05. The van der Waals surface area contributed by atoms with E-state index in [4.69, 9.17) is 4.74 Å². The molecule has 1 N–H and O–H groups in total. The van der Waals surface area contributed by atoms with E-state index >= 15 is 0 Å². The maximum absolute atomic E-state index is 6.14. The lowest BCUT2D eigenvalue weighted by Gasteiger charge is -2.41. The molecule has 4 nitrogen and oxygen atoms in total. The summed E-state index contributed by atoms with van der Waals surface area (Å²) in [6.45, 7) is 9.48. The smallest absolute Gasteiger partial charge is 0.0810 e. The van der Waals surface area contributed by atoms with E-state index in [9.17, 15) is 0 Å². The van der Waals surface area contributed by atoms with E-state index in [1.807, 2.05) is 10.9 Å². The molecule has 1 aliphatic heterocycles. The van der Waals surface area contributed by atoms with Crippen LogP contribution in [0.3, 0.4) is 0 Å². The number of rotatable bonds is 7. The van der Waals surface area contributed by atoms with Gasteiger partial charge in [0, 0.05) is 25.4 Å². The van der Waals surface area contributed by atoms with Crippen molar-refractivity contribution < 1.29 is 4.74 Å². The van der Waals surface area contributed by atoms with Crippen molar-refractivity contribution in [3.05, 3.63) is 18.0 Å². The fourth-order valence-corrected chi connectivity index (χ4v) is 2.97. The summed E-state index contributed by atoms with van der Waals surface area (Å²) in [6.07, 6.45) is 9.93. The summed E-state index contributed by atoms with van der Waals surface area (Å²) in [4.78, 5) is 0. The number of aromatic nitrogens is 2. The largest absolute Gasteiger partial charge is 0.374 e. The van der Waals surface area contributed by atoms with E-state index in [0.717, 1.165) is 39.0 Å². The Hall–Kier alpha value is -0.870. The van der Waals surface area contributed by atoms with Gasteiger partial charge in [-0.3, -0.25) is 4.68 Å². The average Bonchev–Trinajstić information content (AvgIpc) is 2.92. The monoisotopic (exact) mass is 279 g/mol. The SMILES string of the molecule is CCCNC(Cc1cnn(CC)c1)C1(C)CCCCO1. The predicted octanol–water partition coefficient (Wildman–Crippen LogP) is 2.77. The molecule has 0 bridgehead atoms. The van der Waals surface area contributed by atoms with Gasteiger partial charge in [-0.1, -0.05) is 6.92 Å². The van der Waals surface area contributed by atoms with Gasteiger partial charge in [0.1, 0.15) is 0 Å². The van der Waals surface area contributed by atoms with Crippen LogP contribution >= 0.6 is 0 Å². The van der Waals surface area contributed by atoms with Gasteiger partial charge in [0.15, 0.2) is 0 Å². The van der Waals surface area contributed by atoms with Crippen LogP contribution in [0.2, 0.25) is 0 Å². The molecular weight excluding hydrogens is 250 g/mol. The molecule has 0 saturated carbocycles. The van der Waals surface area contributed by atoms with Crippen molar-refractivity contribution >= 4 is 0 Å². The van der Waals surface area contributed by atoms with E-state index < -0.39 is 0 Å². The summed E-state index contributed by atoms with van der Waals surface area (Å²) in [5.41, 5.74) is 1.26. The first-order valence-electron chi connectivity index (χ1n) is 8.06. The number of ether oxygens (including phenoxy) is 1. The molecule has 1 aromatic rings. The van der Waals surface area contributed by atoms with Crippen LogP contribution in [0.5, 0.6) is 0 Å². The highest BCUT2D eigenvalue weighted by molar-refractivity contribution is 5.09. The predicted molar refractivity (Wildman–Crippen MR) is 81.9 cm³/mol. The minimum Gasteiger partial charge on any atom is -0.374 e. The molecule has 1 fully saturated rings. The summed E-state index contributed by atoms with van der Waals surface area (Å²) in [5.74, 6) is 0. The zero-order chi connectivity index (χ0) is 14.4. The van der Waals surface area contributed by atoms with Crippen LogP contribution in [0.25, 0.3) is 0 Å². The molecule has 0 aromatic carbocycles. The van der Waals surface area contributed by atoms with Gasteiger partial charge in [0.05, 0.1) is 11.8 Å².